The third-order valence-corrected chi connectivity index (χ3v) is 9.27. The van der Waals surface area contributed by atoms with Crippen molar-refractivity contribution in [2.45, 2.75) is 129 Å². The van der Waals surface area contributed by atoms with Gasteiger partial charge < -0.3 is 20.8 Å². The molecule has 0 saturated heterocycles. The van der Waals surface area contributed by atoms with Gasteiger partial charge in [0.1, 0.15) is 5.75 Å². The van der Waals surface area contributed by atoms with Crippen molar-refractivity contribution in [3.05, 3.63) is 71.8 Å². The average molecular weight is 659 g/mol. The summed E-state index contributed by atoms with van der Waals surface area (Å²) in [5.74, 6) is -2.26. The van der Waals surface area contributed by atoms with Crippen molar-refractivity contribution < 1.29 is 24.6 Å². The zero-order valence-corrected chi connectivity index (χ0v) is 29.1. The number of aliphatic carboxylic acids is 1. The van der Waals surface area contributed by atoms with Crippen LogP contribution in [-0.4, -0.2) is 34.5 Å². The van der Waals surface area contributed by atoms with E-state index in [9.17, 15) is 24.6 Å². The summed E-state index contributed by atoms with van der Waals surface area (Å²) in [6.45, 7) is 2.65. The number of nitrogens with one attached hydrogen (secondary N) is 2. The lowest BCUT2D eigenvalue weighted by Gasteiger charge is -2.13. The number of amides is 2. The number of anilines is 1. The predicted octanol–water partition coefficient (Wildman–Crippen LogP) is 10.2. The molecule has 1 atom stereocenters. The molecule has 0 spiro atoms. The highest BCUT2D eigenvalue weighted by Gasteiger charge is 2.21. The van der Waals surface area contributed by atoms with Gasteiger partial charge in [-0.15, -0.1) is 0 Å². The van der Waals surface area contributed by atoms with Crippen LogP contribution < -0.4 is 10.6 Å². The lowest BCUT2D eigenvalue weighted by molar-refractivity contribution is -0.143. The number of carboxylic acids is 1. The maximum Gasteiger partial charge on any atom is 0.307 e. The van der Waals surface area contributed by atoms with Crippen molar-refractivity contribution >= 4 is 34.2 Å². The van der Waals surface area contributed by atoms with E-state index in [1.807, 2.05) is 36.4 Å². The quantitative estimate of drug-likeness (QED) is 0.0676. The average Bonchev–Trinajstić information content (AvgIpc) is 3.08. The number of benzene rings is 3. The van der Waals surface area contributed by atoms with Gasteiger partial charge in [-0.05, 0) is 42.0 Å². The molecule has 0 radical (unpaired) electrons. The Morgan fingerprint density at radius 1 is 0.688 bits per heavy atom. The highest BCUT2D eigenvalue weighted by molar-refractivity contribution is 6.03. The summed E-state index contributed by atoms with van der Waals surface area (Å²) in [4.78, 5) is 37.1. The van der Waals surface area contributed by atoms with Crippen molar-refractivity contribution in [1.29, 1.82) is 0 Å². The van der Waals surface area contributed by atoms with E-state index in [2.05, 4.69) is 17.6 Å². The summed E-state index contributed by atoms with van der Waals surface area (Å²) in [7, 11) is 0. The summed E-state index contributed by atoms with van der Waals surface area (Å²) < 4.78 is 0. The van der Waals surface area contributed by atoms with Crippen LogP contribution in [0.15, 0.2) is 60.7 Å². The van der Waals surface area contributed by atoms with Gasteiger partial charge in [-0.1, -0.05) is 152 Å². The van der Waals surface area contributed by atoms with Crippen LogP contribution in [0.5, 0.6) is 5.75 Å². The molecule has 3 rings (SSSR count). The Labute approximate surface area is 287 Å². The number of unbranched alkanes of at least 4 members (excludes halogenated alkanes) is 15. The van der Waals surface area contributed by atoms with E-state index in [1.165, 1.54) is 83.5 Å². The number of carbonyl (C=O) groups excluding carboxylic acids is 2. The van der Waals surface area contributed by atoms with E-state index in [0.29, 0.717) is 30.5 Å². The van der Waals surface area contributed by atoms with E-state index < -0.39 is 11.9 Å². The van der Waals surface area contributed by atoms with Crippen LogP contribution in [0, 0.1) is 5.92 Å². The number of carboxylic acid groups (broad SMARTS) is 1. The molecule has 7 heteroatoms. The number of phenolic OH excluding ortho intramolecular Hbond substituents is 1. The Kier molecular flexibility index (Phi) is 18.2. The molecule has 48 heavy (non-hydrogen) atoms. The smallest absolute Gasteiger partial charge is 0.307 e. The SMILES string of the molecule is CCCCCCCCCCCCCCCCCCC(CC(=O)Nc1ccc(CCNC(=O)c2ccc3ccccc3c2O)cc1)C(=O)O. The second-order valence-corrected chi connectivity index (χ2v) is 13.3. The van der Waals surface area contributed by atoms with Gasteiger partial charge in [-0.25, -0.2) is 0 Å². The molecule has 2 amide bonds. The Balaban J connectivity index is 1.24. The van der Waals surface area contributed by atoms with Gasteiger partial charge in [0, 0.05) is 24.0 Å². The minimum Gasteiger partial charge on any atom is -0.506 e. The molecule has 0 aliphatic carbocycles. The Morgan fingerprint density at radius 3 is 1.83 bits per heavy atom. The largest absolute Gasteiger partial charge is 0.506 e. The molecule has 3 aromatic carbocycles. The molecule has 0 aliphatic rings. The van der Waals surface area contributed by atoms with E-state index >= 15 is 0 Å². The minimum atomic E-state index is -0.916. The Morgan fingerprint density at radius 2 is 1.25 bits per heavy atom. The number of phenols is 1. The van der Waals surface area contributed by atoms with Crippen LogP contribution in [0.3, 0.4) is 0 Å². The molecule has 3 aromatic rings. The van der Waals surface area contributed by atoms with Gasteiger partial charge in [-0.3, -0.25) is 14.4 Å². The van der Waals surface area contributed by atoms with E-state index in [4.69, 9.17) is 0 Å². The second-order valence-electron chi connectivity index (χ2n) is 13.3. The fraction of sp³-hybridized carbons (Fsp3) is 0.537. The van der Waals surface area contributed by atoms with Crippen LogP contribution in [0.4, 0.5) is 5.69 Å². The van der Waals surface area contributed by atoms with Gasteiger partial charge >= 0.3 is 5.97 Å². The van der Waals surface area contributed by atoms with Crippen molar-refractivity contribution in [3.63, 3.8) is 0 Å². The third-order valence-electron chi connectivity index (χ3n) is 9.27. The summed E-state index contributed by atoms with van der Waals surface area (Å²) >= 11 is 0. The zero-order valence-electron chi connectivity index (χ0n) is 29.1. The second kappa shape index (κ2) is 22.7. The molecule has 4 N–H and O–H groups in total. The molecular formula is C41H58N2O5. The Bertz CT molecular complexity index is 1390. The number of hydrogen-bond acceptors (Lipinski definition) is 4. The molecule has 0 fully saturated rings. The van der Waals surface area contributed by atoms with E-state index in [-0.39, 0.29) is 29.5 Å². The summed E-state index contributed by atoms with van der Waals surface area (Å²) in [6, 6.07) is 18.1. The van der Waals surface area contributed by atoms with Crippen molar-refractivity contribution in [3.8, 4) is 5.75 Å². The topological polar surface area (TPSA) is 116 Å². The molecule has 7 nitrogen and oxygen atoms in total. The standard InChI is InChI=1S/C41H58N2O5/c1-2-3-4-5-6-7-8-9-10-11-12-13-14-15-16-17-21-34(41(47)48)31-38(44)43-35-26-23-32(24-27-35)29-30-42-40(46)37-28-25-33-20-18-19-22-36(33)39(37)45/h18-20,22-28,34,45H,2-17,21,29-31H2,1H3,(H,42,46)(H,43,44)(H,47,48). The van der Waals surface area contributed by atoms with Crippen LogP contribution >= 0.6 is 0 Å². The maximum absolute atomic E-state index is 12.7. The molecule has 0 saturated carbocycles. The number of aromatic hydroxyl groups is 1. The van der Waals surface area contributed by atoms with Gasteiger partial charge in [0.15, 0.2) is 0 Å². The van der Waals surface area contributed by atoms with Gasteiger partial charge in [0.05, 0.1) is 11.5 Å². The number of rotatable bonds is 25. The van der Waals surface area contributed by atoms with Crippen molar-refractivity contribution in [2.24, 2.45) is 5.92 Å². The first-order valence-corrected chi connectivity index (χ1v) is 18.5. The van der Waals surface area contributed by atoms with Crippen LogP contribution in [0.1, 0.15) is 138 Å². The molecule has 0 aromatic heterocycles. The minimum absolute atomic E-state index is 0.0270. The van der Waals surface area contributed by atoms with Crippen molar-refractivity contribution in [1.82, 2.24) is 5.32 Å². The Hall–Kier alpha value is -3.87. The lowest BCUT2D eigenvalue weighted by atomic mass is 9.96. The number of carbonyl (C=O) groups is 3. The van der Waals surface area contributed by atoms with Gasteiger partial charge in [0.25, 0.3) is 5.91 Å². The zero-order chi connectivity index (χ0) is 34.4. The summed E-state index contributed by atoms with van der Waals surface area (Å²) in [5, 5.41) is 27.4. The third kappa shape index (κ3) is 14.5. The molecule has 0 aliphatic heterocycles. The van der Waals surface area contributed by atoms with E-state index in [1.54, 1.807) is 24.3 Å². The first-order valence-electron chi connectivity index (χ1n) is 18.5. The first-order chi connectivity index (χ1) is 23.4. The van der Waals surface area contributed by atoms with E-state index in [0.717, 1.165) is 30.2 Å². The van der Waals surface area contributed by atoms with Gasteiger partial charge in [-0.2, -0.15) is 0 Å². The first kappa shape index (κ1) is 38.6. The van der Waals surface area contributed by atoms with Crippen molar-refractivity contribution in [2.75, 3.05) is 11.9 Å². The van der Waals surface area contributed by atoms with Crippen LogP contribution in [0.2, 0.25) is 0 Å². The fourth-order valence-corrected chi connectivity index (χ4v) is 6.30. The lowest BCUT2D eigenvalue weighted by Crippen LogP contribution is -2.25. The summed E-state index contributed by atoms with van der Waals surface area (Å²) in [6.07, 6.45) is 21.5. The van der Waals surface area contributed by atoms with Gasteiger partial charge in [0.2, 0.25) is 5.91 Å². The normalized spacial score (nSPS) is 11.8. The van der Waals surface area contributed by atoms with Crippen LogP contribution in [-0.2, 0) is 16.0 Å². The highest BCUT2D eigenvalue weighted by atomic mass is 16.4. The summed E-state index contributed by atoms with van der Waals surface area (Å²) in [5.41, 5.74) is 1.82. The number of fused-ring (bicyclic) bond motifs is 1. The number of hydrogen-bond donors (Lipinski definition) is 4. The molecule has 0 heterocycles. The predicted molar refractivity (Wildman–Crippen MR) is 197 cm³/mol. The van der Waals surface area contributed by atoms with Crippen LogP contribution in [0.25, 0.3) is 10.8 Å². The molecular weight excluding hydrogens is 600 g/mol. The molecule has 0 bridgehead atoms. The molecule has 262 valence electrons. The monoisotopic (exact) mass is 658 g/mol. The maximum atomic E-state index is 12.7. The highest BCUT2D eigenvalue weighted by Crippen LogP contribution is 2.28. The molecule has 1 unspecified atom stereocenters. The fourth-order valence-electron chi connectivity index (χ4n) is 6.30.